The third-order valence-electron chi connectivity index (χ3n) is 6.88. The maximum atomic E-state index is 13.0. The number of phenolic OH excluding ortho intramolecular Hbond substituents is 2. The van der Waals surface area contributed by atoms with Crippen molar-refractivity contribution in [2.24, 2.45) is 5.73 Å². The lowest BCUT2D eigenvalue weighted by Crippen LogP contribution is -2.28. The van der Waals surface area contributed by atoms with Crippen molar-refractivity contribution in [3.8, 4) is 39.9 Å². The zero-order chi connectivity index (χ0) is 32.8. The Kier molecular flexibility index (Phi) is 9.91. The minimum absolute atomic E-state index is 0.0118. The van der Waals surface area contributed by atoms with E-state index in [4.69, 9.17) is 19.6 Å². The number of methoxy groups -OCH3 is 1. The average molecular weight is 623 g/mol. The van der Waals surface area contributed by atoms with E-state index >= 15 is 0 Å². The predicted molar refractivity (Wildman–Crippen MR) is 159 cm³/mol. The van der Waals surface area contributed by atoms with Crippen molar-refractivity contribution < 1.29 is 53.8 Å². The summed E-state index contributed by atoms with van der Waals surface area (Å²) in [5.41, 5.74) is 4.84. The molecule has 2 unspecified atom stereocenters. The molecule has 4 aromatic rings. The van der Waals surface area contributed by atoms with E-state index in [1.807, 2.05) is 0 Å². The summed E-state index contributed by atoms with van der Waals surface area (Å²) in [6.07, 6.45) is -2.67. The van der Waals surface area contributed by atoms with Gasteiger partial charge in [0.05, 0.1) is 30.6 Å². The third-order valence-corrected chi connectivity index (χ3v) is 6.88. The topological polar surface area (TPSA) is 239 Å². The lowest BCUT2D eigenvalue weighted by atomic mass is 10.0. The summed E-state index contributed by atoms with van der Waals surface area (Å²) in [7, 11) is 1.27. The van der Waals surface area contributed by atoms with Gasteiger partial charge in [0, 0.05) is 25.0 Å². The molecule has 3 aromatic carbocycles. The number of aliphatic hydroxyl groups excluding tert-OH is 2. The highest BCUT2D eigenvalue weighted by molar-refractivity contribution is 6.02. The Morgan fingerprint density at radius 2 is 1.62 bits per heavy atom. The van der Waals surface area contributed by atoms with Gasteiger partial charge in [-0.25, -0.2) is 0 Å². The number of rotatable bonds is 12. The molecule has 0 aliphatic rings. The van der Waals surface area contributed by atoms with Gasteiger partial charge in [0.1, 0.15) is 45.8 Å². The van der Waals surface area contributed by atoms with Crippen molar-refractivity contribution in [2.75, 3.05) is 12.4 Å². The van der Waals surface area contributed by atoms with Crippen LogP contribution in [0.5, 0.6) is 28.7 Å². The summed E-state index contributed by atoms with van der Waals surface area (Å²) >= 11 is 0. The van der Waals surface area contributed by atoms with Crippen molar-refractivity contribution in [1.82, 2.24) is 0 Å². The maximum absolute atomic E-state index is 13.0. The Morgan fingerprint density at radius 1 is 0.956 bits per heavy atom. The van der Waals surface area contributed by atoms with Crippen molar-refractivity contribution >= 4 is 34.4 Å². The van der Waals surface area contributed by atoms with Crippen molar-refractivity contribution in [2.45, 2.75) is 37.9 Å². The number of nitrogens with one attached hydrogen (secondary N) is 1. The molecule has 0 bridgehead atoms. The van der Waals surface area contributed by atoms with E-state index < -0.39 is 46.9 Å². The molecule has 2 atom stereocenters. The van der Waals surface area contributed by atoms with E-state index in [2.05, 4.69) is 5.32 Å². The van der Waals surface area contributed by atoms with Gasteiger partial charge in [0.2, 0.25) is 11.3 Å². The van der Waals surface area contributed by atoms with Gasteiger partial charge < -0.3 is 50.5 Å². The van der Waals surface area contributed by atoms with Gasteiger partial charge >= 0.3 is 5.97 Å². The number of fused-ring (bicyclic) bond motifs is 1. The molecule has 0 aliphatic heterocycles. The molecule has 45 heavy (non-hydrogen) atoms. The first kappa shape index (κ1) is 32.3. The molecule has 1 aromatic heterocycles. The minimum Gasteiger partial charge on any atom is -0.508 e. The van der Waals surface area contributed by atoms with Crippen LogP contribution in [0.4, 0.5) is 5.69 Å². The van der Waals surface area contributed by atoms with Crippen molar-refractivity contribution in [3.05, 3.63) is 70.6 Å². The minimum atomic E-state index is -1.40. The van der Waals surface area contributed by atoms with Crippen LogP contribution in [0.3, 0.4) is 0 Å². The number of amides is 2. The number of hydrogen-bond acceptors (Lipinski definition) is 12. The summed E-state index contributed by atoms with van der Waals surface area (Å²) < 4.78 is 15.7. The summed E-state index contributed by atoms with van der Waals surface area (Å²) in [4.78, 5) is 49.4. The molecule has 14 heteroatoms. The van der Waals surface area contributed by atoms with Crippen LogP contribution in [0, 0.1) is 0 Å². The lowest BCUT2D eigenvalue weighted by Gasteiger charge is -2.17. The molecule has 236 valence electrons. The largest absolute Gasteiger partial charge is 0.508 e. The molecule has 0 spiro atoms. The maximum Gasteiger partial charge on any atom is 0.311 e. The molecular weight excluding hydrogens is 592 g/mol. The van der Waals surface area contributed by atoms with E-state index in [1.165, 1.54) is 55.8 Å². The second kappa shape index (κ2) is 13.8. The van der Waals surface area contributed by atoms with E-state index in [9.17, 15) is 44.7 Å². The highest BCUT2D eigenvalue weighted by Gasteiger charge is 2.22. The number of esters is 1. The number of nitrogens with two attached hydrogens (primary N) is 1. The number of carbonyl (C=O) groups excluding carboxylic acids is 3. The first-order valence-corrected chi connectivity index (χ1v) is 13.5. The molecule has 0 fully saturated rings. The van der Waals surface area contributed by atoms with Crippen LogP contribution in [-0.2, 0) is 9.59 Å². The van der Waals surface area contributed by atoms with Crippen LogP contribution < -0.4 is 26.0 Å². The highest BCUT2D eigenvalue weighted by atomic mass is 16.5. The standard InChI is InChI=1S/C31H30N2O12/c1-43-23-9-6-19(30(41)28(23)31(32)42)33-25(38)10-7-20(35)21(36)8-11-26(39)45-17-12-22(37)27-24(13-17)44-14-18(29(27)40)15-2-4-16(34)5-3-15/h2-6,9,12-14,20-21,34-37,41H,7-8,10-11H2,1H3,(H2,32,42)(H,33,38). The second-order valence-corrected chi connectivity index (χ2v) is 9.98. The number of hydrogen-bond donors (Lipinski definition) is 7. The number of carbonyl (C=O) groups is 3. The Bertz CT molecular complexity index is 1800. The smallest absolute Gasteiger partial charge is 0.311 e. The molecule has 0 saturated heterocycles. The summed E-state index contributed by atoms with van der Waals surface area (Å²) in [5, 5.41) is 53.1. The van der Waals surface area contributed by atoms with E-state index in [1.54, 1.807) is 0 Å². The molecule has 8 N–H and O–H groups in total. The first-order valence-electron chi connectivity index (χ1n) is 13.5. The zero-order valence-corrected chi connectivity index (χ0v) is 23.9. The van der Waals surface area contributed by atoms with Gasteiger partial charge in [-0.2, -0.15) is 0 Å². The van der Waals surface area contributed by atoms with Gasteiger partial charge in [-0.1, -0.05) is 12.1 Å². The van der Waals surface area contributed by atoms with Crippen LogP contribution in [0.2, 0.25) is 0 Å². The molecular formula is C31H30N2O12. The van der Waals surface area contributed by atoms with Gasteiger partial charge in [-0.15, -0.1) is 0 Å². The summed E-state index contributed by atoms with van der Waals surface area (Å²) in [6.45, 7) is 0. The van der Waals surface area contributed by atoms with Gasteiger partial charge in [-0.05, 0) is 42.7 Å². The van der Waals surface area contributed by atoms with Crippen LogP contribution in [0.1, 0.15) is 36.0 Å². The predicted octanol–water partition coefficient (Wildman–Crippen LogP) is 2.51. The quantitative estimate of drug-likeness (QED) is 0.0685. The Morgan fingerprint density at radius 3 is 2.27 bits per heavy atom. The van der Waals surface area contributed by atoms with Crippen molar-refractivity contribution in [3.63, 3.8) is 0 Å². The number of primary amides is 1. The fraction of sp³-hybridized carbons (Fsp3) is 0.226. The lowest BCUT2D eigenvalue weighted by molar-refractivity contribution is -0.135. The van der Waals surface area contributed by atoms with Gasteiger partial charge in [0.25, 0.3) is 5.91 Å². The summed E-state index contributed by atoms with van der Waals surface area (Å²) in [5.74, 6) is -3.62. The van der Waals surface area contributed by atoms with Crippen LogP contribution >= 0.6 is 0 Å². The molecule has 0 aliphatic carbocycles. The fourth-order valence-corrected chi connectivity index (χ4v) is 4.51. The molecule has 2 amide bonds. The first-order chi connectivity index (χ1) is 21.4. The van der Waals surface area contributed by atoms with E-state index in [0.717, 1.165) is 6.07 Å². The van der Waals surface area contributed by atoms with Gasteiger partial charge in [-0.3, -0.25) is 19.2 Å². The normalized spacial score (nSPS) is 12.3. The average Bonchev–Trinajstić information content (AvgIpc) is 2.99. The SMILES string of the molecule is COc1ccc(NC(=O)CCC(O)C(O)CCC(=O)Oc2cc(O)c3c(=O)c(-c4ccc(O)cc4)coc3c2)c(O)c1C(N)=O. The third kappa shape index (κ3) is 7.49. The van der Waals surface area contributed by atoms with Crippen LogP contribution in [0.25, 0.3) is 22.1 Å². The number of ether oxygens (including phenoxy) is 2. The monoisotopic (exact) mass is 622 g/mol. The molecule has 14 nitrogen and oxygen atoms in total. The van der Waals surface area contributed by atoms with Crippen molar-refractivity contribution in [1.29, 1.82) is 0 Å². The Balaban J connectivity index is 1.30. The second-order valence-electron chi connectivity index (χ2n) is 9.98. The van der Waals surface area contributed by atoms with E-state index in [-0.39, 0.29) is 70.7 Å². The molecule has 4 rings (SSSR count). The molecule has 0 saturated carbocycles. The molecule has 0 radical (unpaired) electrons. The van der Waals surface area contributed by atoms with Crippen LogP contribution in [-0.4, -0.2) is 62.6 Å². The number of phenols is 3. The van der Waals surface area contributed by atoms with Gasteiger partial charge in [0.15, 0.2) is 5.75 Å². The number of aliphatic hydroxyl groups is 2. The van der Waals surface area contributed by atoms with Crippen LogP contribution in [0.15, 0.2) is 64.0 Å². The van der Waals surface area contributed by atoms with E-state index in [0.29, 0.717) is 5.56 Å². The number of anilines is 1. The zero-order valence-electron chi connectivity index (χ0n) is 23.9. The molecule has 1 heterocycles. The Hall–Kier alpha value is -5.60. The number of benzene rings is 3. The number of aromatic hydroxyl groups is 3. The summed E-state index contributed by atoms with van der Waals surface area (Å²) in [6, 6.07) is 10.8. The Labute approximate surface area is 254 Å². The fourth-order valence-electron chi connectivity index (χ4n) is 4.51. The highest BCUT2D eigenvalue weighted by Crippen LogP contribution is 2.35.